The van der Waals surface area contributed by atoms with Gasteiger partial charge in [-0.1, -0.05) is 25.3 Å². The predicted octanol–water partition coefficient (Wildman–Crippen LogP) is 3.94. The summed E-state index contributed by atoms with van der Waals surface area (Å²) >= 11 is 0. The zero-order valence-corrected chi connectivity index (χ0v) is 12.6. The first-order chi connectivity index (χ1) is 10.1. The molecule has 1 atom stereocenters. The van der Waals surface area contributed by atoms with Crippen LogP contribution in [0.5, 0.6) is 5.75 Å². The van der Waals surface area contributed by atoms with E-state index < -0.39 is 0 Å². The molecule has 1 aromatic rings. The molecule has 0 spiro atoms. The topological polar surface area (TPSA) is 40.5 Å². The van der Waals surface area contributed by atoms with Crippen molar-refractivity contribution < 1.29 is 9.90 Å². The number of carbonyl (C=O) groups excluding carboxylic acids is 1. The van der Waals surface area contributed by atoms with Gasteiger partial charge in [0.05, 0.1) is 5.69 Å². The summed E-state index contributed by atoms with van der Waals surface area (Å²) in [4.78, 5) is 14.0. The lowest BCUT2D eigenvalue weighted by Gasteiger charge is -2.40. The van der Waals surface area contributed by atoms with Gasteiger partial charge in [0, 0.05) is 18.7 Å². The van der Waals surface area contributed by atoms with Crippen LogP contribution in [0, 0.1) is 12.8 Å². The fourth-order valence-electron chi connectivity index (χ4n) is 3.66. The number of nitrogens with zero attached hydrogens (tertiary/aromatic N) is 1. The van der Waals surface area contributed by atoms with Crippen LogP contribution in [0.15, 0.2) is 30.5 Å². The van der Waals surface area contributed by atoms with E-state index in [-0.39, 0.29) is 11.8 Å². The monoisotopic (exact) mass is 285 g/mol. The van der Waals surface area contributed by atoms with Gasteiger partial charge in [-0.2, -0.15) is 0 Å². The van der Waals surface area contributed by atoms with Gasteiger partial charge in [0.25, 0.3) is 0 Å². The Labute approximate surface area is 126 Å². The highest BCUT2D eigenvalue weighted by molar-refractivity contribution is 5.92. The normalized spacial score (nSPS) is 23.6. The maximum absolute atomic E-state index is 11.9. The quantitative estimate of drug-likeness (QED) is 0.894. The van der Waals surface area contributed by atoms with Crippen LogP contribution >= 0.6 is 0 Å². The van der Waals surface area contributed by atoms with Crippen molar-refractivity contribution in [3.63, 3.8) is 0 Å². The molecular weight excluding hydrogens is 262 g/mol. The lowest BCUT2D eigenvalue weighted by Crippen LogP contribution is -2.42. The van der Waals surface area contributed by atoms with E-state index in [0.29, 0.717) is 18.1 Å². The van der Waals surface area contributed by atoms with Crippen LogP contribution < -0.4 is 4.90 Å². The first-order valence-corrected chi connectivity index (χ1v) is 7.94. The summed E-state index contributed by atoms with van der Waals surface area (Å²) in [6.45, 7) is 2.03. The van der Waals surface area contributed by atoms with Crippen molar-refractivity contribution in [3.8, 4) is 5.75 Å². The minimum Gasteiger partial charge on any atom is -0.506 e. The van der Waals surface area contributed by atoms with Crippen molar-refractivity contribution in [1.29, 1.82) is 0 Å². The van der Waals surface area contributed by atoms with Crippen molar-refractivity contribution in [1.82, 2.24) is 0 Å². The minimum atomic E-state index is 0.190. The van der Waals surface area contributed by atoms with Crippen molar-refractivity contribution in [2.45, 2.75) is 51.5 Å². The van der Waals surface area contributed by atoms with Crippen LogP contribution in [0.2, 0.25) is 0 Å². The number of anilines is 1. The summed E-state index contributed by atoms with van der Waals surface area (Å²) in [5.41, 5.74) is 1.95. The molecule has 3 rings (SSSR count). The molecule has 1 saturated carbocycles. The lowest BCUT2D eigenvalue weighted by molar-refractivity contribution is -0.115. The molecule has 1 aliphatic carbocycles. The number of allylic oxidation sites excluding steroid dienone is 1. The van der Waals surface area contributed by atoms with Crippen molar-refractivity contribution >= 4 is 11.5 Å². The number of rotatable bonds is 2. The second-order valence-electron chi connectivity index (χ2n) is 6.35. The fourth-order valence-corrected chi connectivity index (χ4v) is 3.66. The lowest BCUT2D eigenvalue weighted by atomic mass is 9.80. The summed E-state index contributed by atoms with van der Waals surface area (Å²) in [6, 6.07) is 5.85. The molecule has 1 aliphatic heterocycles. The number of ketones is 1. The molecule has 1 aromatic carbocycles. The Balaban J connectivity index is 1.94. The van der Waals surface area contributed by atoms with Crippen LogP contribution in [-0.4, -0.2) is 16.9 Å². The van der Waals surface area contributed by atoms with Crippen LogP contribution in [0.3, 0.4) is 0 Å². The number of benzene rings is 1. The molecule has 0 saturated heterocycles. The number of carbonyl (C=O) groups is 1. The Bertz CT molecular complexity index is 558. The summed E-state index contributed by atoms with van der Waals surface area (Å²) < 4.78 is 0. The van der Waals surface area contributed by atoms with Gasteiger partial charge in [-0.3, -0.25) is 4.79 Å². The number of hydrogen-bond donors (Lipinski definition) is 1. The highest BCUT2D eigenvalue weighted by Crippen LogP contribution is 2.38. The Hall–Kier alpha value is -1.77. The number of phenolic OH excluding ortho intramolecular Hbond substituents is 1. The highest BCUT2D eigenvalue weighted by Gasteiger charge is 2.32. The molecule has 3 heteroatoms. The van der Waals surface area contributed by atoms with Gasteiger partial charge in [-0.05, 0) is 49.5 Å². The largest absolute Gasteiger partial charge is 0.506 e. The molecule has 0 bridgehead atoms. The van der Waals surface area contributed by atoms with E-state index in [9.17, 15) is 9.90 Å². The molecular formula is C18H23NO2. The molecule has 21 heavy (non-hydrogen) atoms. The number of aryl methyl sites for hydroxylation is 1. The molecule has 0 radical (unpaired) electrons. The summed E-state index contributed by atoms with van der Waals surface area (Å²) in [7, 11) is 0. The third-order valence-corrected chi connectivity index (χ3v) is 4.79. The van der Waals surface area contributed by atoms with E-state index in [1.807, 2.05) is 25.3 Å². The zero-order chi connectivity index (χ0) is 14.8. The van der Waals surface area contributed by atoms with Gasteiger partial charge in [-0.15, -0.1) is 0 Å². The average Bonchev–Trinajstić information content (AvgIpc) is 2.51. The number of hydrogen-bond acceptors (Lipinski definition) is 3. The van der Waals surface area contributed by atoms with Crippen LogP contribution in [0.25, 0.3) is 0 Å². The third-order valence-electron chi connectivity index (χ3n) is 4.79. The summed E-state index contributed by atoms with van der Waals surface area (Å²) in [5.74, 6) is 1.04. The number of aromatic hydroxyl groups is 1. The molecule has 0 aromatic heterocycles. The molecule has 1 fully saturated rings. The smallest absolute Gasteiger partial charge is 0.159 e. The maximum atomic E-state index is 11.9. The SMILES string of the molecule is Cc1ccc(O)c(N2C=CC(=O)C[C@@H]2C2CCCCC2)c1. The van der Waals surface area contributed by atoms with Gasteiger partial charge in [-0.25, -0.2) is 0 Å². The fraction of sp³-hybridized carbons (Fsp3) is 0.500. The second kappa shape index (κ2) is 5.92. The van der Waals surface area contributed by atoms with Gasteiger partial charge in [0.15, 0.2) is 5.78 Å². The van der Waals surface area contributed by atoms with E-state index >= 15 is 0 Å². The van der Waals surface area contributed by atoms with Crippen LogP contribution in [0.4, 0.5) is 5.69 Å². The van der Waals surface area contributed by atoms with E-state index in [1.54, 1.807) is 12.1 Å². The van der Waals surface area contributed by atoms with E-state index in [0.717, 1.165) is 11.3 Å². The van der Waals surface area contributed by atoms with Crippen molar-refractivity contribution in [3.05, 3.63) is 36.0 Å². The van der Waals surface area contributed by atoms with Gasteiger partial charge in [0.1, 0.15) is 5.75 Å². The van der Waals surface area contributed by atoms with Crippen LogP contribution in [-0.2, 0) is 4.79 Å². The maximum Gasteiger partial charge on any atom is 0.159 e. The Morgan fingerprint density at radius 3 is 2.71 bits per heavy atom. The van der Waals surface area contributed by atoms with Gasteiger partial charge < -0.3 is 10.0 Å². The highest BCUT2D eigenvalue weighted by atomic mass is 16.3. The summed E-state index contributed by atoms with van der Waals surface area (Å²) in [6.07, 6.45) is 10.3. The summed E-state index contributed by atoms with van der Waals surface area (Å²) in [5, 5.41) is 10.2. The Morgan fingerprint density at radius 2 is 1.95 bits per heavy atom. The van der Waals surface area contributed by atoms with E-state index in [2.05, 4.69) is 4.90 Å². The molecule has 0 amide bonds. The first-order valence-electron chi connectivity index (χ1n) is 7.94. The molecule has 1 N–H and O–H groups in total. The molecule has 112 valence electrons. The van der Waals surface area contributed by atoms with Crippen molar-refractivity contribution in [2.75, 3.05) is 4.90 Å². The molecule has 0 unspecified atom stereocenters. The average molecular weight is 285 g/mol. The Kier molecular flexibility index (Phi) is 4.00. The van der Waals surface area contributed by atoms with E-state index in [4.69, 9.17) is 0 Å². The molecule has 3 nitrogen and oxygen atoms in total. The standard InChI is InChI=1S/C18H23NO2/c1-13-7-8-18(21)17(11-13)19-10-9-15(20)12-16(19)14-5-3-2-4-6-14/h7-11,14,16,21H,2-6,12H2,1H3/t16-/m1/s1. The molecule has 2 aliphatic rings. The van der Waals surface area contributed by atoms with Crippen molar-refractivity contribution in [2.24, 2.45) is 5.92 Å². The number of phenols is 1. The molecule has 1 heterocycles. The second-order valence-corrected chi connectivity index (χ2v) is 6.35. The third kappa shape index (κ3) is 2.97. The Morgan fingerprint density at radius 1 is 1.19 bits per heavy atom. The van der Waals surface area contributed by atoms with Gasteiger partial charge >= 0.3 is 0 Å². The van der Waals surface area contributed by atoms with E-state index in [1.165, 1.54) is 32.1 Å². The zero-order valence-electron chi connectivity index (χ0n) is 12.6. The van der Waals surface area contributed by atoms with Gasteiger partial charge in [0.2, 0.25) is 0 Å². The minimum absolute atomic E-state index is 0.190. The predicted molar refractivity (Wildman–Crippen MR) is 84.4 cm³/mol. The first kappa shape index (κ1) is 14.2. The van der Waals surface area contributed by atoms with Crippen LogP contribution in [0.1, 0.15) is 44.1 Å².